The van der Waals surface area contributed by atoms with Gasteiger partial charge in [-0.2, -0.15) is 0 Å². The van der Waals surface area contributed by atoms with E-state index in [0.29, 0.717) is 23.2 Å². The van der Waals surface area contributed by atoms with Gasteiger partial charge in [0.05, 0.1) is 12.3 Å². The number of hydrogen-bond donors (Lipinski definition) is 1. The maximum atomic E-state index is 12.6. The van der Waals surface area contributed by atoms with Gasteiger partial charge >= 0.3 is 0 Å². The average Bonchev–Trinajstić information content (AvgIpc) is 3.44. The van der Waals surface area contributed by atoms with Crippen LogP contribution >= 0.6 is 0 Å². The number of benzene rings is 2. The van der Waals surface area contributed by atoms with Crippen LogP contribution in [-0.4, -0.2) is 5.78 Å². The molecule has 0 fully saturated rings. The summed E-state index contributed by atoms with van der Waals surface area (Å²) in [6.07, 6.45) is 10.5. The van der Waals surface area contributed by atoms with Crippen LogP contribution in [0.15, 0.2) is 89.6 Å². The number of nitrogens with one attached hydrogen (secondary N) is 1. The Morgan fingerprint density at radius 3 is 2.79 bits per heavy atom. The zero-order valence-corrected chi connectivity index (χ0v) is 15.4. The highest BCUT2D eigenvalue weighted by molar-refractivity contribution is 6.07. The molecule has 0 saturated carbocycles. The van der Waals surface area contributed by atoms with Crippen LogP contribution in [0, 0.1) is 5.92 Å². The summed E-state index contributed by atoms with van der Waals surface area (Å²) in [6, 6.07) is 20.5. The monoisotopic (exact) mass is 367 g/mol. The summed E-state index contributed by atoms with van der Waals surface area (Å²) in [5, 5.41) is 3.72. The smallest absolute Gasteiger partial charge is 0.185 e. The Bertz CT molecular complexity index is 1050. The lowest BCUT2D eigenvalue weighted by atomic mass is 9.76. The van der Waals surface area contributed by atoms with Crippen molar-refractivity contribution in [2.75, 3.05) is 5.32 Å². The number of fused-ring (bicyclic) bond motifs is 3. The molecule has 1 N–H and O–H groups in total. The molecule has 0 saturated heterocycles. The second kappa shape index (κ2) is 7.01. The van der Waals surface area contributed by atoms with E-state index < -0.39 is 0 Å². The molecule has 2 aromatic carbocycles. The van der Waals surface area contributed by atoms with Gasteiger partial charge in [0.1, 0.15) is 5.76 Å². The fraction of sp³-hybridized carbons (Fsp3) is 0.160. The molecule has 0 spiro atoms. The van der Waals surface area contributed by atoms with E-state index in [0.717, 1.165) is 12.1 Å². The van der Waals surface area contributed by atoms with Gasteiger partial charge in [-0.15, -0.1) is 0 Å². The number of allylic oxidation sites excluding steroid dienone is 3. The number of ketones is 1. The molecule has 2 aliphatic rings. The molecule has 28 heavy (non-hydrogen) atoms. The Kier molecular flexibility index (Phi) is 4.21. The first-order chi connectivity index (χ1) is 13.8. The highest BCUT2D eigenvalue weighted by atomic mass is 16.3. The zero-order chi connectivity index (χ0) is 18.9. The van der Waals surface area contributed by atoms with Crippen LogP contribution in [0.2, 0.25) is 0 Å². The van der Waals surface area contributed by atoms with Crippen molar-refractivity contribution in [2.45, 2.75) is 18.4 Å². The van der Waals surface area contributed by atoms with E-state index in [1.807, 2.05) is 30.3 Å². The number of anilines is 1. The predicted octanol–water partition coefficient (Wildman–Crippen LogP) is 6.00. The summed E-state index contributed by atoms with van der Waals surface area (Å²) >= 11 is 0. The highest BCUT2D eigenvalue weighted by Gasteiger charge is 2.37. The fourth-order valence-corrected chi connectivity index (χ4v) is 4.38. The van der Waals surface area contributed by atoms with E-state index in [1.165, 1.54) is 11.1 Å². The van der Waals surface area contributed by atoms with Crippen LogP contribution in [0.3, 0.4) is 0 Å². The predicted molar refractivity (Wildman–Crippen MR) is 111 cm³/mol. The average molecular weight is 367 g/mol. The SMILES string of the molecule is O=C(/C=C/c1ccco1)c1ccc2c(c1)[C@@H]1C=CC[C@@H]1[C@H](c1ccccc1)N2. The van der Waals surface area contributed by atoms with E-state index in [9.17, 15) is 4.79 Å². The molecule has 3 heteroatoms. The first kappa shape index (κ1) is 16.8. The number of carbonyl (C=O) groups excluding carboxylic acids is 1. The number of hydrogen-bond acceptors (Lipinski definition) is 3. The van der Waals surface area contributed by atoms with Gasteiger partial charge < -0.3 is 9.73 Å². The lowest BCUT2D eigenvalue weighted by molar-refractivity contribution is 0.104. The molecule has 0 radical (unpaired) electrons. The minimum atomic E-state index is -0.0112. The van der Waals surface area contributed by atoms with Crippen molar-refractivity contribution in [1.29, 1.82) is 0 Å². The van der Waals surface area contributed by atoms with Crippen molar-refractivity contribution < 1.29 is 9.21 Å². The van der Waals surface area contributed by atoms with Crippen LogP contribution < -0.4 is 5.32 Å². The molecule has 1 aliphatic heterocycles. The first-order valence-corrected chi connectivity index (χ1v) is 9.67. The zero-order valence-electron chi connectivity index (χ0n) is 15.4. The van der Waals surface area contributed by atoms with E-state index in [2.05, 4.69) is 47.8 Å². The first-order valence-electron chi connectivity index (χ1n) is 9.67. The van der Waals surface area contributed by atoms with E-state index >= 15 is 0 Å². The van der Waals surface area contributed by atoms with Crippen LogP contribution in [0.5, 0.6) is 0 Å². The molecular weight excluding hydrogens is 346 g/mol. The van der Waals surface area contributed by atoms with E-state index in [1.54, 1.807) is 18.4 Å². The van der Waals surface area contributed by atoms with Crippen LogP contribution in [0.4, 0.5) is 5.69 Å². The van der Waals surface area contributed by atoms with Gasteiger partial charge in [-0.1, -0.05) is 42.5 Å². The fourth-order valence-electron chi connectivity index (χ4n) is 4.38. The minimum Gasteiger partial charge on any atom is -0.465 e. The van der Waals surface area contributed by atoms with Crippen LogP contribution in [0.1, 0.15) is 45.6 Å². The Morgan fingerprint density at radius 1 is 1.07 bits per heavy atom. The quantitative estimate of drug-likeness (QED) is 0.349. The molecule has 0 unspecified atom stereocenters. The molecule has 138 valence electrons. The third-order valence-corrected chi connectivity index (χ3v) is 5.75. The molecule has 3 atom stereocenters. The molecule has 1 aromatic heterocycles. The molecular formula is C25H21NO2. The highest BCUT2D eigenvalue weighted by Crippen LogP contribution is 2.49. The molecule has 1 aliphatic carbocycles. The topological polar surface area (TPSA) is 42.2 Å². The Hall–Kier alpha value is -3.33. The summed E-state index contributed by atoms with van der Waals surface area (Å²) in [4.78, 5) is 12.6. The summed E-state index contributed by atoms with van der Waals surface area (Å²) < 4.78 is 5.26. The third kappa shape index (κ3) is 2.99. The summed E-state index contributed by atoms with van der Waals surface area (Å²) in [5.41, 5.74) is 4.35. The summed E-state index contributed by atoms with van der Waals surface area (Å²) in [7, 11) is 0. The molecule has 3 nitrogen and oxygen atoms in total. The van der Waals surface area contributed by atoms with Crippen molar-refractivity contribution in [3.8, 4) is 0 Å². The summed E-state index contributed by atoms with van der Waals surface area (Å²) in [6.45, 7) is 0. The van der Waals surface area contributed by atoms with Gasteiger partial charge in [-0.3, -0.25) is 4.79 Å². The maximum absolute atomic E-state index is 12.6. The molecule has 0 bridgehead atoms. The van der Waals surface area contributed by atoms with Crippen molar-refractivity contribution in [2.24, 2.45) is 5.92 Å². The Balaban J connectivity index is 1.46. The van der Waals surface area contributed by atoms with Crippen LogP contribution in [0.25, 0.3) is 6.08 Å². The standard InChI is InChI=1S/C25H21NO2/c27-24(14-12-19-8-5-15-28-19)18-11-13-23-22(16-18)20-9-4-10-21(20)25(26-23)17-6-2-1-3-7-17/h1-9,11-16,20-21,25-26H,10H2/b14-12+/t20-,21+,25+/m1/s1. The van der Waals surface area contributed by atoms with Gasteiger partial charge in [0, 0.05) is 17.2 Å². The van der Waals surface area contributed by atoms with Crippen molar-refractivity contribution >= 4 is 17.5 Å². The minimum absolute atomic E-state index is 0.0112. The lowest BCUT2D eigenvalue weighted by Crippen LogP contribution is -2.29. The lowest BCUT2D eigenvalue weighted by Gasteiger charge is -2.37. The largest absolute Gasteiger partial charge is 0.465 e. The van der Waals surface area contributed by atoms with Crippen molar-refractivity contribution in [1.82, 2.24) is 0 Å². The van der Waals surface area contributed by atoms with Crippen molar-refractivity contribution in [3.05, 3.63) is 108 Å². The molecule has 5 rings (SSSR count). The summed E-state index contributed by atoms with van der Waals surface area (Å²) in [5.74, 6) is 1.47. The number of furan rings is 1. The van der Waals surface area contributed by atoms with Crippen LogP contribution in [-0.2, 0) is 0 Å². The van der Waals surface area contributed by atoms with E-state index in [-0.39, 0.29) is 11.8 Å². The second-order valence-electron chi connectivity index (χ2n) is 7.40. The number of carbonyl (C=O) groups is 1. The number of rotatable bonds is 4. The van der Waals surface area contributed by atoms with Gasteiger partial charge in [0.25, 0.3) is 0 Å². The third-order valence-electron chi connectivity index (χ3n) is 5.75. The van der Waals surface area contributed by atoms with Gasteiger partial charge in [-0.25, -0.2) is 0 Å². The van der Waals surface area contributed by atoms with Gasteiger partial charge in [0.2, 0.25) is 0 Å². The van der Waals surface area contributed by atoms with Crippen molar-refractivity contribution in [3.63, 3.8) is 0 Å². The van der Waals surface area contributed by atoms with E-state index in [4.69, 9.17) is 4.42 Å². The molecule has 0 amide bonds. The normalized spacial score (nSPS) is 22.6. The maximum Gasteiger partial charge on any atom is 0.185 e. The van der Waals surface area contributed by atoms with Gasteiger partial charge in [0.15, 0.2) is 5.78 Å². The molecule has 3 aromatic rings. The Labute approximate surface area is 164 Å². The second-order valence-corrected chi connectivity index (χ2v) is 7.40. The Morgan fingerprint density at radius 2 is 1.96 bits per heavy atom. The molecule has 2 heterocycles. The van der Waals surface area contributed by atoms with Gasteiger partial charge in [-0.05, 0) is 65.9 Å².